The minimum atomic E-state index is -0.666. The molecule has 0 amide bonds. The summed E-state index contributed by atoms with van der Waals surface area (Å²) in [6, 6.07) is 4.66. The predicted octanol–water partition coefficient (Wildman–Crippen LogP) is 3.44. The lowest BCUT2D eigenvalue weighted by Crippen LogP contribution is -2.04. The van der Waals surface area contributed by atoms with Gasteiger partial charge in [0.25, 0.3) is 5.22 Å². The standard InChI is InChI=1S/C12H10BrFN2O3S/c1-2-18-11(17)10-15-16-12(19-10)20-6-7-5-8(13)3-4-9(7)14/h3-5H,2,6H2,1H3. The molecule has 0 aliphatic heterocycles. The van der Waals surface area contributed by atoms with Gasteiger partial charge >= 0.3 is 11.9 Å². The molecule has 0 fully saturated rings. The first-order valence-electron chi connectivity index (χ1n) is 5.67. The van der Waals surface area contributed by atoms with Gasteiger partial charge in [-0.2, -0.15) is 0 Å². The van der Waals surface area contributed by atoms with Crippen LogP contribution in [0.5, 0.6) is 0 Å². The quantitative estimate of drug-likeness (QED) is 0.601. The molecule has 1 aromatic carbocycles. The zero-order valence-corrected chi connectivity index (χ0v) is 12.8. The molecule has 1 heterocycles. The summed E-state index contributed by atoms with van der Waals surface area (Å²) in [5.41, 5.74) is 0.500. The van der Waals surface area contributed by atoms with Crippen LogP contribution in [0.2, 0.25) is 0 Å². The number of hydrogen-bond donors (Lipinski definition) is 0. The maximum Gasteiger partial charge on any atom is 0.396 e. The number of ether oxygens (including phenoxy) is 1. The number of carbonyl (C=O) groups excluding carboxylic acids is 1. The van der Waals surface area contributed by atoms with Crippen molar-refractivity contribution in [3.8, 4) is 0 Å². The van der Waals surface area contributed by atoms with Gasteiger partial charge in [-0.05, 0) is 30.7 Å². The number of nitrogens with zero attached hydrogens (tertiary/aromatic N) is 2. The second-order valence-corrected chi connectivity index (χ2v) is 5.46. The molecule has 20 heavy (non-hydrogen) atoms. The average molecular weight is 361 g/mol. The topological polar surface area (TPSA) is 65.2 Å². The zero-order chi connectivity index (χ0) is 14.5. The molecule has 0 spiro atoms. The minimum absolute atomic E-state index is 0.187. The Kier molecular flexibility index (Phi) is 5.13. The summed E-state index contributed by atoms with van der Waals surface area (Å²) in [7, 11) is 0. The lowest BCUT2D eigenvalue weighted by atomic mass is 10.2. The smallest absolute Gasteiger partial charge is 0.396 e. The van der Waals surface area contributed by atoms with Crippen LogP contribution >= 0.6 is 27.7 Å². The Hall–Kier alpha value is -1.41. The number of aromatic nitrogens is 2. The summed E-state index contributed by atoms with van der Waals surface area (Å²) in [5.74, 6) is -0.870. The number of thioether (sulfide) groups is 1. The molecule has 0 saturated heterocycles. The number of halogens is 2. The Morgan fingerprint density at radius 2 is 2.30 bits per heavy atom. The van der Waals surface area contributed by atoms with Gasteiger partial charge in [-0.1, -0.05) is 32.8 Å². The van der Waals surface area contributed by atoms with Crippen LogP contribution < -0.4 is 0 Å². The van der Waals surface area contributed by atoms with Crippen LogP contribution in [-0.2, 0) is 10.5 Å². The summed E-state index contributed by atoms with van der Waals surface area (Å²) in [4.78, 5) is 11.3. The Balaban J connectivity index is 2.01. The molecule has 8 heteroatoms. The molecule has 0 radical (unpaired) electrons. The van der Waals surface area contributed by atoms with E-state index in [9.17, 15) is 9.18 Å². The van der Waals surface area contributed by atoms with Gasteiger partial charge in [-0.15, -0.1) is 5.10 Å². The number of carbonyl (C=O) groups is 1. The van der Waals surface area contributed by atoms with E-state index in [2.05, 4.69) is 26.1 Å². The van der Waals surface area contributed by atoms with E-state index in [1.165, 1.54) is 6.07 Å². The molecule has 2 rings (SSSR count). The molecule has 0 bridgehead atoms. The van der Waals surface area contributed by atoms with E-state index in [1.807, 2.05) is 0 Å². The molecule has 0 N–H and O–H groups in total. The van der Waals surface area contributed by atoms with Crippen molar-refractivity contribution in [2.45, 2.75) is 17.9 Å². The molecule has 0 aliphatic rings. The van der Waals surface area contributed by atoms with E-state index in [1.54, 1.807) is 19.1 Å². The monoisotopic (exact) mass is 360 g/mol. The predicted molar refractivity (Wildman–Crippen MR) is 73.9 cm³/mol. The van der Waals surface area contributed by atoms with E-state index in [0.717, 1.165) is 16.2 Å². The van der Waals surface area contributed by atoms with Crippen molar-refractivity contribution < 1.29 is 18.3 Å². The molecule has 1 aromatic heterocycles. The third-order valence-corrected chi connectivity index (χ3v) is 3.58. The minimum Gasteiger partial charge on any atom is -0.459 e. The van der Waals surface area contributed by atoms with Gasteiger partial charge in [0, 0.05) is 10.2 Å². The van der Waals surface area contributed by atoms with E-state index >= 15 is 0 Å². The third-order valence-electron chi connectivity index (χ3n) is 2.22. The number of rotatable bonds is 5. The van der Waals surface area contributed by atoms with Crippen LogP contribution in [0.3, 0.4) is 0 Å². The van der Waals surface area contributed by atoms with Crippen molar-refractivity contribution in [3.63, 3.8) is 0 Å². The molecule has 2 aromatic rings. The fraction of sp³-hybridized carbons (Fsp3) is 0.250. The number of esters is 1. The zero-order valence-electron chi connectivity index (χ0n) is 10.4. The van der Waals surface area contributed by atoms with Crippen molar-refractivity contribution in [1.29, 1.82) is 0 Å². The van der Waals surface area contributed by atoms with Gasteiger partial charge < -0.3 is 9.15 Å². The fourth-order valence-corrected chi connectivity index (χ4v) is 2.48. The van der Waals surface area contributed by atoms with Crippen LogP contribution in [-0.4, -0.2) is 22.8 Å². The lowest BCUT2D eigenvalue weighted by Gasteiger charge is -2.01. The van der Waals surface area contributed by atoms with Crippen molar-refractivity contribution in [2.75, 3.05) is 6.61 Å². The van der Waals surface area contributed by atoms with Gasteiger partial charge in [0.2, 0.25) is 0 Å². The summed E-state index contributed by atoms with van der Waals surface area (Å²) in [6.07, 6.45) is 0. The van der Waals surface area contributed by atoms with Crippen LogP contribution in [0.1, 0.15) is 23.2 Å². The van der Waals surface area contributed by atoms with Gasteiger partial charge in [-0.3, -0.25) is 0 Å². The van der Waals surface area contributed by atoms with Gasteiger partial charge in [0.1, 0.15) is 5.82 Å². The third kappa shape index (κ3) is 3.80. The summed E-state index contributed by atoms with van der Waals surface area (Å²) >= 11 is 4.42. The lowest BCUT2D eigenvalue weighted by molar-refractivity contribution is 0.0475. The molecule has 106 valence electrons. The summed E-state index contributed by atoms with van der Waals surface area (Å²) in [5, 5.41) is 7.46. The number of hydrogen-bond acceptors (Lipinski definition) is 6. The van der Waals surface area contributed by atoms with E-state index < -0.39 is 5.97 Å². The highest BCUT2D eigenvalue weighted by Gasteiger charge is 2.16. The van der Waals surface area contributed by atoms with Gasteiger partial charge in [-0.25, -0.2) is 9.18 Å². The second-order valence-electron chi connectivity index (χ2n) is 3.62. The largest absolute Gasteiger partial charge is 0.459 e. The highest BCUT2D eigenvalue weighted by molar-refractivity contribution is 9.10. The normalized spacial score (nSPS) is 10.6. The maximum atomic E-state index is 13.5. The molecule has 0 aliphatic carbocycles. The van der Waals surface area contributed by atoms with Crippen molar-refractivity contribution in [3.05, 3.63) is 39.9 Å². The first kappa shape index (κ1) is 15.0. The Bertz CT molecular complexity index is 620. The highest BCUT2D eigenvalue weighted by Crippen LogP contribution is 2.25. The molecule has 0 saturated carbocycles. The average Bonchev–Trinajstić information content (AvgIpc) is 2.89. The van der Waals surface area contributed by atoms with E-state index in [4.69, 9.17) is 9.15 Å². The molecule has 0 unspecified atom stereocenters. The molecular weight excluding hydrogens is 351 g/mol. The van der Waals surface area contributed by atoms with Crippen molar-refractivity contribution in [1.82, 2.24) is 10.2 Å². The SMILES string of the molecule is CCOC(=O)c1nnc(SCc2cc(Br)ccc2F)o1. The molecule has 0 atom stereocenters. The summed E-state index contributed by atoms with van der Waals surface area (Å²) < 4.78 is 24.2. The fourth-order valence-electron chi connectivity index (χ4n) is 1.34. The van der Waals surface area contributed by atoms with Crippen molar-refractivity contribution in [2.24, 2.45) is 0 Å². The summed E-state index contributed by atoms with van der Waals surface area (Å²) in [6.45, 7) is 1.91. The van der Waals surface area contributed by atoms with Crippen LogP contribution in [0.4, 0.5) is 4.39 Å². The first-order valence-corrected chi connectivity index (χ1v) is 7.45. The van der Waals surface area contributed by atoms with E-state index in [0.29, 0.717) is 11.3 Å². The van der Waals surface area contributed by atoms with E-state index in [-0.39, 0.29) is 23.5 Å². The molecular formula is C12H10BrFN2O3S. The van der Waals surface area contributed by atoms with Gasteiger partial charge in [0.05, 0.1) is 6.61 Å². The Labute approximate surface area is 127 Å². The second kappa shape index (κ2) is 6.85. The van der Waals surface area contributed by atoms with Crippen molar-refractivity contribution >= 4 is 33.7 Å². The number of benzene rings is 1. The first-order chi connectivity index (χ1) is 9.60. The Morgan fingerprint density at radius 3 is 3.05 bits per heavy atom. The highest BCUT2D eigenvalue weighted by atomic mass is 79.9. The van der Waals surface area contributed by atoms with Crippen LogP contribution in [0, 0.1) is 5.82 Å². The molecule has 5 nitrogen and oxygen atoms in total. The van der Waals surface area contributed by atoms with Gasteiger partial charge in [0.15, 0.2) is 0 Å². The van der Waals surface area contributed by atoms with Crippen LogP contribution in [0.25, 0.3) is 0 Å². The van der Waals surface area contributed by atoms with Crippen LogP contribution in [0.15, 0.2) is 32.3 Å². The maximum absolute atomic E-state index is 13.5. The Morgan fingerprint density at radius 1 is 1.50 bits per heavy atom.